The van der Waals surface area contributed by atoms with Crippen LogP contribution in [0.3, 0.4) is 0 Å². The van der Waals surface area contributed by atoms with Crippen molar-refractivity contribution in [2.45, 2.75) is 39.0 Å². The summed E-state index contributed by atoms with van der Waals surface area (Å²) in [5.74, 6) is 1.09. The van der Waals surface area contributed by atoms with Gasteiger partial charge in [0, 0.05) is 19.1 Å². The van der Waals surface area contributed by atoms with Crippen LogP contribution in [-0.4, -0.2) is 37.7 Å². The average Bonchev–Trinajstić information content (AvgIpc) is 3.15. The molecule has 6 heteroatoms. The fraction of sp³-hybridized carbons (Fsp3) is 0.455. The Hall–Kier alpha value is -1.63. The number of ether oxygens (including phenoxy) is 2. The van der Waals surface area contributed by atoms with E-state index in [0.29, 0.717) is 24.1 Å². The van der Waals surface area contributed by atoms with Crippen molar-refractivity contribution in [2.75, 3.05) is 26.7 Å². The van der Waals surface area contributed by atoms with Gasteiger partial charge in [0.1, 0.15) is 12.4 Å². The molecule has 4 nitrogen and oxygen atoms in total. The maximum absolute atomic E-state index is 13.0. The van der Waals surface area contributed by atoms with Crippen molar-refractivity contribution in [1.82, 2.24) is 10.2 Å². The minimum Gasteiger partial charge on any atom is -0.493 e. The Bertz CT molecular complexity index is 770. The number of nitrogens with one attached hydrogen (secondary N) is 1. The van der Waals surface area contributed by atoms with E-state index >= 15 is 0 Å². The van der Waals surface area contributed by atoms with Gasteiger partial charge in [-0.15, -0.1) is 0 Å². The summed E-state index contributed by atoms with van der Waals surface area (Å²) in [6.07, 6.45) is 2.56. The topological polar surface area (TPSA) is 33.7 Å². The first-order valence-corrected chi connectivity index (χ1v) is 10.6. The summed E-state index contributed by atoms with van der Waals surface area (Å²) in [6.45, 7) is 6.68. The number of nitrogens with zero attached hydrogens (tertiary/aromatic N) is 1. The van der Waals surface area contributed by atoms with E-state index < -0.39 is 0 Å². The standard InChI is InChI=1S/C22H28BrFN2O2/c1-3-26-10-4-5-19(26)14-25-13-17-11-20(23)22(21(12-17)27-2)28-15-16-6-8-18(24)9-7-16/h6-9,11-12,19,25H,3-5,10,13-15H2,1-2H3. The minimum absolute atomic E-state index is 0.251. The van der Waals surface area contributed by atoms with Crippen LogP contribution < -0.4 is 14.8 Å². The molecule has 28 heavy (non-hydrogen) atoms. The summed E-state index contributed by atoms with van der Waals surface area (Å²) in [7, 11) is 1.64. The summed E-state index contributed by atoms with van der Waals surface area (Å²) in [5.41, 5.74) is 2.04. The monoisotopic (exact) mass is 450 g/mol. The third kappa shape index (κ3) is 5.46. The van der Waals surface area contributed by atoms with Crippen molar-refractivity contribution >= 4 is 15.9 Å². The molecular formula is C22H28BrFN2O2. The van der Waals surface area contributed by atoms with Crippen LogP contribution >= 0.6 is 15.9 Å². The van der Waals surface area contributed by atoms with E-state index in [-0.39, 0.29) is 5.82 Å². The van der Waals surface area contributed by atoms with Gasteiger partial charge in [-0.3, -0.25) is 4.90 Å². The molecule has 1 saturated heterocycles. The molecule has 0 aliphatic carbocycles. The maximum atomic E-state index is 13.0. The van der Waals surface area contributed by atoms with Gasteiger partial charge in [-0.05, 0) is 77.3 Å². The number of likely N-dealkylation sites (tertiary alicyclic amines) is 1. The maximum Gasteiger partial charge on any atom is 0.175 e. The van der Waals surface area contributed by atoms with Gasteiger partial charge in [-0.2, -0.15) is 0 Å². The van der Waals surface area contributed by atoms with Crippen molar-refractivity contribution in [3.63, 3.8) is 0 Å². The smallest absolute Gasteiger partial charge is 0.175 e. The molecule has 3 rings (SSSR count). The highest BCUT2D eigenvalue weighted by Crippen LogP contribution is 2.37. The minimum atomic E-state index is -0.251. The molecule has 0 bridgehead atoms. The van der Waals surface area contributed by atoms with Crippen LogP contribution in [0.2, 0.25) is 0 Å². The van der Waals surface area contributed by atoms with Gasteiger partial charge < -0.3 is 14.8 Å². The summed E-state index contributed by atoms with van der Waals surface area (Å²) < 4.78 is 25.4. The molecule has 1 N–H and O–H groups in total. The molecule has 1 aliphatic heterocycles. The normalized spacial score (nSPS) is 17.1. The molecule has 0 radical (unpaired) electrons. The molecule has 2 aromatic carbocycles. The molecule has 0 spiro atoms. The predicted octanol–water partition coefficient (Wildman–Crippen LogP) is 4.75. The van der Waals surface area contributed by atoms with Crippen LogP contribution in [0, 0.1) is 5.82 Å². The molecule has 0 amide bonds. The van der Waals surface area contributed by atoms with Crippen LogP contribution in [0.1, 0.15) is 30.9 Å². The lowest BCUT2D eigenvalue weighted by Crippen LogP contribution is -2.37. The first-order chi connectivity index (χ1) is 13.6. The zero-order valence-electron chi connectivity index (χ0n) is 16.5. The van der Waals surface area contributed by atoms with E-state index in [2.05, 4.69) is 39.1 Å². The number of halogens is 2. The van der Waals surface area contributed by atoms with E-state index in [1.54, 1.807) is 19.2 Å². The number of likely N-dealkylation sites (N-methyl/N-ethyl adjacent to an activating group) is 1. The van der Waals surface area contributed by atoms with E-state index in [4.69, 9.17) is 9.47 Å². The zero-order valence-corrected chi connectivity index (χ0v) is 18.1. The van der Waals surface area contributed by atoms with Crippen LogP contribution in [0.4, 0.5) is 4.39 Å². The number of benzene rings is 2. The van der Waals surface area contributed by atoms with Gasteiger partial charge in [-0.1, -0.05) is 19.1 Å². The Morgan fingerprint density at radius 3 is 2.71 bits per heavy atom. The van der Waals surface area contributed by atoms with E-state index in [1.807, 2.05) is 6.07 Å². The number of rotatable bonds is 9. The summed E-state index contributed by atoms with van der Waals surface area (Å²) in [4.78, 5) is 2.54. The molecule has 1 aliphatic rings. The van der Waals surface area contributed by atoms with Crippen LogP contribution in [0.25, 0.3) is 0 Å². The molecule has 1 heterocycles. The summed E-state index contributed by atoms with van der Waals surface area (Å²) >= 11 is 3.60. The zero-order chi connectivity index (χ0) is 19.9. The van der Waals surface area contributed by atoms with Gasteiger partial charge in [0.15, 0.2) is 11.5 Å². The van der Waals surface area contributed by atoms with E-state index in [9.17, 15) is 4.39 Å². The molecule has 152 valence electrons. The first-order valence-electron chi connectivity index (χ1n) is 9.79. The van der Waals surface area contributed by atoms with Gasteiger partial charge in [0.25, 0.3) is 0 Å². The van der Waals surface area contributed by atoms with Gasteiger partial charge in [0.2, 0.25) is 0 Å². The fourth-order valence-corrected chi connectivity index (χ4v) is 4.28. The van der Waals surface area contributed by atoms with Gasteiger partial charge in [0.05, 0.1) is 11.6 Å². The average molecular weight is 451 g/mol. The lowest BCUT2D eigenvalue weighted by molar-refractivity contribution is 0.259. The first kappa shape index (κ1) is 21.1. The second-order valence-electron chi connectivity index (χ2n) is 7.08. The highest BCUT2D eigenvalue weighted by Gasteiger charge is 2.22. The molecule has 1 unspecified atom stereocenters. The van der Waals surface area contributed by atoms with Crippen molar-refractivity contribution < 1.29 is 13.9 Å². The Morgan fingerprint density at radius 1 is 1.21 bits per heavy atom. The summed E-state index contributed by atoms with van der Waals surface area (Å²) in [5, 5.41) is 3.57. The number of methoxy groups -OCH3 is 1. The van der Waals surface area contributed by atoms with Crippen LogP contribution in [0.15, 0.2) is 40.9 Å². The fourth-order valence-electron chi connectivity index (χ4n) is 3.68. The van der Waals surface area contributed by atoms with Crippen molar-refractivity contribution in [3.05, 3.63) is 57.8 Å². The molecule has 1 fully saturated rings. The van der Waals surface area contributed by atoms with Crippen molar-refractivity contribution in [1.29, 1.82) is 0 Å². The molecule has 2 aromatic rings. The molecular weight excluding hydrogens is 423 g/mol. The van der Waals surface area contributed by atoms with E-state index in [0.717, 1.165) is 35.2 Å². The second kappa shape index (κ2) is 10.2. The van der Waals surface area contributed by atoms with Crippen LogP contribution in [-0.2, 0) is 13.2 Å². The highest BCUT2D eigenvalue weighted by atomic mass is 79.9. The number of hydrogen-bond donors (Lipinski definition) is 1. The van der Waals surface area contributed by atoms with Crippen molar-refractivity contribution in [3.8, 4) is 11.5 Å². The van der Waals surface area contributed by atoms with E-state index in [1.165, 1.54) is 31.5 Å². The van der Waals surface area contributed by atoms with Gasteiger partial charge >= 0.3 is 0 Å². The largest absolute Gasteiger partial charge is 0.493 e. The third-order valence-corrected chi connectivity index (χ3v) is 5.79. The van der Waals surface area contributed by atoms with Gasteiger partial charge in [-0.25, -0.2) is 4.39 Å². The predicted molar refractivity (Wildman–Crippen MR) is 113 cm³/mol. The highest BCUT2D eigenvalue weighted by molar-refractivity contribution is 9.10. The molecule has 1 atom stereocenters. The molecule has 0 aromatic heterocycles. The van der Waals surface area contributed by atoms with Crippen LogP contribution in [0.5, 0.6) is 11.5 Å². The Balaban J connectivity index is 1.59. The lowest BCUT2D eigenvalue weighted by atomic mass is 10.1. The third-order valence-electron chi connectivity index (χ3n) is 5.20. The number of hydrogen-bond acceptors (Lipinski definition) is 4. The summed E-state index contributed by atoms with van der Waals surface area (Å²) in [6, 6.07) is 11.0. The Kier molecular flexibility index (Phi) is 7.71. The lowest BCUT2D eigenvalue weighted by Gasteiger charge is -2.23. The Morgan fingerprint density at radius 2 is 2.00 bits per heavy atom. The SMILES string of the molecule is CCN1CCCC1CNCc1cc(Br)c(OCc2ccc(F)cc2)c(OC)c1. The second-order valence-corrected chi connectivity index (χ2v) is 7.93. The quantitative estimate of drug-likeness (QED) is 0.597. The Labute approximate surface area is 175 Å². The molecule has 0 saturated carbocycles. The van der Waals surface area contributed by atoms with Crippen molar-refractivity contribution in [2.24, 2.45) is 0 Å².